The van der Waals surface area contributed by atoms with Gasteiger partial charge in [-0.05, 0) is 35.7 Å². The summed E-state index contributed by atoms with van der Waals surface area (Å²) in [6.07, 6.45) is 0. The molecule has 0 saturated heterocycles. The van der Waals surface area contributed by atoms with Crippen molar-refractivity contribution in [3.63, 3.8) is 0 Å². The normalized spacial score (nSPS) is 11.3. The Kier molecular flexibility index (Phi) is 9.78. The second-order valence-electron chi connectivity index (χ2n) is 9.17. The average Bonchev–Trinajstić information content (AvgIpc) is 3.37. The van der Waals surface area contributed by atoms with Crippen LogP contribution in [0.5, 0.6) is 0 Å². The van der Waals surface area contributed by atoms with Gasteiger partial charge >= 0.3 is 39.3 Å². The summed E-state index contributed by atoms with van der Waals surface area (Å²) >= 11 is 6.00. The Morgan fingerprint density at radius 2 is 1.18 bits per heavy atom. The molecule has 0 radical (unpaired) electrons. The van der Waals surface area contributed by atoms with Crippen molar-refractivity contribution in [2.75, 3.05) is 0 Å². The summed E-state index contributed by atoms with van der Waals surface area (Å²) < 4.78 is 2.27. The van der Waals surface area contributed by atoms with Crippen LogP contribution in [0.2, 0.25) is 0 Å². The van der Waals surface area contributed by atoms with E-state index in [9.17, 15) is 0 Å². The van der Waals surface area contributed by atoms with Gasteiger partial charge in [-0.15, -0.1) is 0 Å². The number of fused-ring (bicyclic) bond motifs is 1. The predicted octanol–water partition coefficient (Wildman–Crippen LogP) is 10.2. The fourth-order valence-corrected chi connectivity index (χ4v) is 4.86. The average molecular weight is 696 g/mol. The maximum absolute atomic E-state index is 5.31. The SMILES string of the molecule is CC(=Nc1c(-c2ccccc2)cccc1-c1ccccc1)c1nc2ccccc2n1Cc1ccccc1.[Br][Ni][Br]. The monoisotopic (exact) mass is 693 g/mol. The van der Waals surface area contributed by atoms with Crippen LogP contribution < -0.4 is 0 Å². The molecule has 0 amide bonds. The van der Waals surface area contributed by atoms with E-state index in [4.69, 9.17) is 9.98 Å². The zero-order valence-corrected chi connectivity index (χ0v) is 26.0. The number of aromatic nitrogens is 2. The van der Waals surface area contributed by atoms with E-state index >= 15 is 0 Å². The number of aliphatic imine (C=N–C) groups is 1. The molecule has 0 N–H and O–H groups in total. The predicted molar refractivity (Wildman–Crippen MR) is 172 cm³/mol. The molecule has 6 aromatic rings. The fraction of sp³-hybridized carbons (Fsp3) is 0.0588. The van der Waals surface area contributed by atoms with Crippen LogP contribution in [-0.4, -0.2) is 15.3 Å². The van der Waals surface area contributed by atoms with Crippen molar-refractivity contribution in [1.82, 2.24) is 9.55 Å². The standard InChI is InChI=1S/C34H27N3.2BrH.Ni/c1-25(34-36-31-22-11-12-23-32(31)37(34)24-26-14-5-2-6-15-26)35-33-29(27-16-7-3-8-17-27)20-13-21-30(33)28-18-9-4-10-19-28;;;/h2-23H,24H2,1H3;2*1H;/q;;;+2/p-2. The van der Waals surface area contributed by atoms with Crippen molar-refractivity contribution >= 4 is 50.9 Å². The van der Waals surface area contributed by atoms with Crippen molar-refractivity contribution in [1.29, 1.82) is 0 Å². The summed E-state index contributed by atoms with van der Waals surface area (Å²) in [7, 11) is 1.25. The first kappa shape index (κ1) is 28.2. The van der Waals surface area contributed by atoms with E-state index in [1.54, 1.807) is 0 Å². The van der Waals surface area contributed by atoms with Gasteiger partial charge in [-0.3, -0.25) is 0 Å². The Morgan fingerprint density at radius 3 is 1.75 bits per heavy atom. The molecule has 40 heavy (non-hydrogen) atoms. The summed E-state index contributed by atoms with van der Waals surface area (Å²) in [4.78, 5) is 10.4. The Labute approximate surface area is 255 Å². The molecule has 3 nitrogen and oxygen atoms in total. The van der Waals surface area contributed by atoms with Crippen LogP contribution in [0.1, 0.15) is 18.3 Å². The molecular formula is C34H27Br2N3Ni. The molecule has 0 spiro atoms. The third-order valence-corrected chi connectivity index (χ3v) is 6.65. The molecule has 6 rings (SSSR count). The minimum atomic E-state index is 0.732. The van der Waals surface area contributed by atoms with E-state index in [0.717, 1.165) is 57.1 Å². The van der Waals surface area contributed by atoms with Gasteiger partial charge in [0.1, 0.15) is 0 Å². The summed E-state index contributed by atoms with van der Waals surface area (Å²) in [5, 5.41) is 0. The number of halogens is 2. The molecule has 0 aliphatic heterocycles. The fourth-order valence-electron chi connectivity index (χ4n) is 4.86. The summed E-state index contributed by atoms with van der Waals surface area (Å²) in [5.41, 5.74) is 9.64. The van der Waals surface area contributed by atoms with E-state index in [1.807, 2.05) is 18.2 Å². The van der Waals surface area contributed by atoms with Gasteiger partial charge < -0.3 is 4.57 Å². The van der Waals surface area contributed by atoms with Gasteiger partial charge in [0.05, 0.1) is 22.4 Å². The van der Waals surface area contributed by atoms with E-state index in [0.29, 0.717) is 0 Å². The number of hydrogen-bond acceptors (Lipinski definition) is 2. The molecule has 202 valence electrons. The topological polar surface area (TPSA) is 30.2 Å². The molecule has 5 aromatic carbocycles. The third kappa shape index (κ3) is 6.52. The van der Waals surface area contributed by atoms with Crippen molar-refractivity contribution in [2.45, 2.75) is 13.5 Å². The first-order chi connectivity index (χ1) is 19.7. The summed E-state index contributed by atoms with van der Waals surface area (Å²) in [6, 6.07) is 46.2. The Balaban J connectivity index is 0.00000103. The number of para-hydroxylation sites is 3. The second-order valence-corrected chi connectivity index (χ2v) is 14.2. The number of imidazole rings is 1. The first-order valence-corrected chi connectivity index (χ1v) is 17.7. The number of rotatable bonds is 6. The van der Waals surface area contributed by atoms with Crippen LogP contribution in [0.25, 0.3) is 33.3 Å². The van der Waals surface area contributed by atoms with E-state index in [2.05, 4.69) is 155 Å². The van der Waals surface area contributed by atoms with Crippen LogP contribution in [0.4, 0.5) is 5.69 Å². The number of benzene rings is 5. The van der Waals surface area contributed by atoms with Crippen LogP contribution in [0.15, 0.2) is 138 Å². The quantitative estimate of drug-likeness (QED) is 0.126. The molecule has 6 heteroatoms. The molecule has 0 aliphatic carbocycles. The molecule has 0 unspecified atom stereocenters. The van der Waals surface area contributed by atoms with Crippen LogP contribution >= 0.6 is 28.5 Å². The maximum atomic E-state index is 5.31. The minimum absolute atomic E-state index is 0.732. The zero-order chi connectivity index (χ0) is 27.7. The van der Waals surface area contributed by atoms with Crippen LogP contribution in [0, 0.1) is 0 Å². The first-order valence-electron chi connectivity index (χ1n) is 12.8. The number of hydrogen-bond donors (Lipinski definition) is 0. The second kappa shape index (κ2) is 13.9. The zero-order valence-electron chi connectivity index (χ0n) is 21.8. The van der Waals surface area contributed by atoms with Crippen molar-refractivity contribution < 1.29 is 10.9 Å². The Morgan fingerprint density at radius 1 is 0.675 bits per heavy atom. The van der Waals surface area contributed by atoms with Crippen LogP contribution in [0.3, 0.4) is 0 Å². The van der Waals surface area contributed by atoms with Gasteiger partial charge in [0, 0.05) is 17.7 Å². The van der Waals surface area contributed by atoms with E-state index in [-0.39, 0.29) is 0 Å². The van der Waals surface area contributed by atoms with E-state index in [1.165, 1.54) is 16.5 Å². The van der Waals surface area contributed by atoms with Crippen LogP contribution in [-0.2, 0) is 17.4 Å². The summed E-state index contributed by atoms with van der Waals surface area (Å²) in [6.45, 7) is 2.80. The Hall–Kier alpha value is -3.31. The molecule has 0 aliphatic rings. The molecule has 0 bridgehead atoms. The van der Waals surface area contributed by atoms with Gasteiger partial charge in [-0.1, -0.05) is 121 Å². The van der Waals surface area contributed by atoms with Gasteiger partial charge in [0.2, 0.25) is 0 Å². The third-order valence-electron chi connectivity index (χ3n) is 6.65. The van der Waals surface area contributed by atoms with Gasteiger partial charge in [-0.2, -0.15) is 0 Å². The molecule has 1 aromatic heterocycles. The van der Waals surface area contributed by atoms with Gasteiger partial charge in [0.15, 0.2) is 5.82 Å². The van der Waals surface area contributed by atoms with Crippen molar-refractivity contribution in [3.8, 4) is 22.3 Å². The van der Waals surface area contributed by atoms with Gasteiger partial charge in [0.25, 0.3) is 0 Å². The van der Waals surface area contributed by atoms with Crippen molar-refractivity contribution in [3.05, 3.63) is 145 Å². The number of nitrogens with zero attached hydrogens (tertiary/aromatic N) is 3. The molecule has 0 saturated carbocycles. The molecule has 1 heterocycles. The van der Waals surface area contributed by atoms with Gasteiger partial charge in [-0.25, -0.2) is 9.98 Å². The summed E-state index contributed by atoms with van der Waals surface area (Å²) in [5.74, 6) is 0.881. The molecular weight excluding hydrogens is 669 g/mol. The van der Waals surface area contributed by atoms with E-state index < -0.39 is 0 Å². The Bertz CT molecular complexity index is 1660. The molecule has 0 atom stereocenters. The van der Waals surface area contributed by atoms with Crippen molar-refractivity contribution in [2.24, 2.45) is 4.99 Å². The molecule has 0 fully saturated rings.